The summed E-state index contributed by atoms with van der Waals surface area (Å²) in [5.74, 6) is 0. The summed E-state index contributed by atoms with van der Waals surface area (Å²) in [6.07, 6.45) is 0. The summed E-state index contributed by atoms with van der Waals surface area (Å²) in [6, 6.07) is 26.0. The monoisotopic (exact) mass is 496 g/mol. The van der Waals surface area contributed by atoms with Crippen LogP contribution >= 0.6 is 0 Å². The van der Waals surface area contributed by atoms with Gasteiger partial charge < -0.3 is 5.11 Å². The molecule has 0 fully saturated rings. The minimum atomic E-state index is -2.03. The molecule has 0 radical (unpaired) electrons. The Morgan fingerprint density at radius 1 is 0.571 bits per heavy atom. The SMILES string of the molecule is Cc1cc(C)c(C2(O)C([Si](C)(C)C)=C(c3ccccc3)C(c3ccccc3)=C2[Si](C)(C)C)c(C)c1. The second-order valence-corrected chi connectivity index (χ2v) is 22.2. The van der Waals surface area contributed by atoms with Crippen molar-refractivity contribution >= 4 is 27.3 Å². The number of allylic oxidation sites excluding steroid dienone is 2. The average Bonchev–Trinajstić information content (AvgIpc) is 3.04. The number of benzene rings is 3. The molecule has 0 saturated heterocycles. The van der Waals surface area contributed by atoms with Gasteiger partial charge in [0.25, 0.3) is 0 Å². The van der Waals surface area contributed by atoms with Crippen LogP contribution in [0.2, 0.25) is 39.3 Å². The zero-order valence-corrected chi connectivity index (χ0v) is 24.9. The lowest BCUT2D eigenvalue weighted by Gasteiger charge is -2.42. The lowest BCUT2D eigenvalue weighted by atomic mass is 9.85. The van der Waals surface area contributed by atoms with Crippen LogP contribution in [-0.4, -0.2) is 21.3 Å². The Kier molecular flexibility index (Phi) is 6.50. The fraction of sp³-hybridized carbons (Fsp3) is 0.312. The largest absolute Gasteiger partial charge is 0.378 e. The lowest BCUT2D eigenvalue weighted by Crippen LogP contribution is -2.47. The van der Waals surface area contributed by atoms with E-state index >= 15 is 0 Å². The Hall–Kier alpha value is -2.47. The van der Waals surface area contributed by atoms with Crippen LogP contribution in [0.15, 0.2) is 83.2 Å². The summed E-state index contributed by atoms with van der Waals surface area (Å²) in [5.41, 5.74) is 8.52. The number of rotatable bonds is 5. The third kappa shape index (κ3) is 4.35. The number of aryl methyl sites for hydroxylation is 3. The minimum absolute atomic E-state index is 1.09. The fourth-order valence-electron chi connectivity index (χ4n) is 6.36. The first kappa shape index (κ1) is 25.6. The van der Waals surface area contributed by atoms with Gasteiger partial charge in [-0.15, -0.1) is 0 Å². The highest BCUT2D eigenvalue weighted by Crippen LogP contribution is 2.59. The minimum Gasteiger partial charge on any atom is -0.378 e. The van der Waals surface area contributed by atoms with E-state index in [0.29, 0.717) is 0 Å². The van der Waals surface area contributed by atoms with Crippen LogP contribution in [0.5, 0.6) is 0 Å². The van der Waals surface area contributed by atoms with Crippen LogP contribution in [0.25, 0.3) is 11.1 Å². The molecule has 1 N–H and O–H groups in total. The summed E-state index contributed by atoms with van der Waals surface area (Å²) < 4.78 is 0. The van der Waals surface area contributed by atoms with Crippen molar-refractivity contribution in [3.05, 3.63) is 117 Å². The van der Waals surface area contributed by atoms with E-state index in [1.807, 2.05) is 0 Å². The maximum atomic E-state index is 13.4. The van der Waals surface area contributed by atoms with Gasteiger partial charge in [0.1, 0.15) is 5.60 Å². The summed E-state index contributed by atoms with van der Waals surface area (Å²) in [4.78, 5) is 0. The molecule has 182 valence electrons. The van der Waals surface area contributed by atoms with E-state index in [-0.39, 0.29) is 0 Å². The maximum Gasteiger partial charge on any atom is 0.128 e. The second kappa shape index (κ2) is 8.88. The molecule has 3 aromatic rings. The lowest BCUT2D eigenvalue weighted by molar-refractivity contribution is 0.132. The molecule has 0 amide bonds. The van der Waals surface area contributed by atoms with Crippen LogP contribution in [0.1, 0.15) is 33.4 Å². The molecule has 3 heteroatoms. The van der Waals surface area contributed by atoms with Gasteiger partial charge in [-0.3, -0.25) is 0 Å². The van der Waals surface area contributed by atoms with E-state index in [0.717, 1.165) is 5.56 Å². The van der Waals surface area contributed by atoms with E-state index in [9.17, 15) is 5.11 Å². The van der Waals surface area contributed by atoms with Crippen molar-refractivity contribution in [1.29, 1.82) is 0 Å². The first-order valence-electron chi connectivity index (χ1n) is 12.7. The molecule has 35 heavy (non-hydrogen) atoms. The van der Waals surface area contributed by atoms with Crippen molar-refractivity contribution in [2.75, 3.05) is 0 Å². The van der Waals surface area contributed by atoms with Gasteiger partial charge >= 0.3 is 0 Å². The molecule has 1 nitrogen and oxygen atoms in total. The van der Waals surface area contributed by atoms with Gasteiger partial charge in [-0.05, 0) is 70.1 Å². The van der Waals surface area contributed by atoms with Crippen LogP contribution in [0, 0.1) is 20.8 Å². The Bertz CT molecular complexity index is 1220. The van der Waals surface area contributed by atoms with Gasteiger partial charge in [0.15, 0.2) is 0 Å². The van der Waals surface area contributed by atoms with E-state index in [2.05, 4.69) is 133 Å². The number of aliphatic hydroxyl groups is 1. The smallest absolute Gasteiger partial charge is 0.128 e. The first-order valence-corrected chi connectivity index (χ1v) is 19.7. The molecule has 0 spiro atoms. The highest BCUT2D eigenvalue weighted by Gasteiger charge is 2.55. The normalized spacial score (nSPS) is 16.3. The molecule has 1 aliphatic rings. The van der Waals surface area contributed by atoms with Crippen LogP contribution < -0.4 is 0 Å². The third-order valence-corrected chi connectivity index (χ3v) is 11.4. The van der Waals surface area contributed by atoms with Gasteiger partial charge in [-0.2, -0.15) is 0 Å². The Morgan fingerprint density at radius 3 is 1.23 bits per heavy atom. The number of hydrogen-bond acceptors (Lipinski definition) is 1. The predicted molar refractivity (Wildman–Crippen MR) is 158 cm³/mol. The van der Waals surface area contributed by atoms with Crippen molar-refractivity contribution in [2.45, 2.75) is 65.7 Å². The molecule has 1 aliphatic carbocycles. The highest BCUT2D eigenvalue weighted by atomic mass is 28.3. The molecule has 0 heterocycles. The van der Waals surface area contributed by atoms with Crippen molar-refractivity contribution in [2.24, 2.45) is 0 Å². The van der Waals surface area contributed by atoms with Gasteiger partial charge in [-0.1, -0.05) is 118 Å². The zero-order valence-electron chi connectivity index (χ0n) is 22.9. The van der Waals surface area contributed by atoms with E-state index in [1.54, 1.807) is 0 Å². The Morgan fingerprint density at radius 2 is 0.914 bits per heavy atom. The molecule has 0 aromatic heterocycles. The first-order chi connectivity index (χ1) is 16.3. The fourth-order valence-corrected chi connectivity index (χ4v) is 11.2. The molecule has 0 saturated carbocycles. The molecule has 0 bridgehead atoms. The Labute approximate surface area is 214 Å². The standard InChI is InChI=1S/C32H40OSi2/c1-22-20-23(2)29(24(3)21-22)32(33)30(34(4,5)6)27(25-16-12-10-13-17-25)28(31(32)35(7,8)9)26-18-14-11-15-19-26/h10-21,33H,1-9H3. The summed E-state index contributed by atoms with van der Waals surface area (Å²) in [6.45, 7) is 20.9. The van der Waals surface area contributed by atoms with E-state index in [1.165, 1.54) is 49.4 Å². The van der Waals surface area contributed by atoms with Gasteiger partial charge in [0.05, 0.1) is 16.1 Å². The van der Waals surface area contributed by atoms with E-state index in [4.69, 9.17) is 0 Å². The summed E-state index contributed by atoms with van der Waals surface area (Å²) in [7, 11) is -4.07. The summed E-state index contributed by atoms with van der Waals surface area (Å²) >= 11 is 0. The molecule has 4 rings (SSSR count). The van der Waals surface area contributed by atoms with Gasteiger partial charge in [0.2, 0.25) is 0 Å². The van der Waals surface area contributed by atoms with Crippen LogP contribution in [0.3, 0.4) is 0 Å². The average molecular weight is 497 g/mol. The zero-order chi connectivity index (χ0) is 25.8. The molecular weight excluding hydrogens is 457 g/mol. The van der Waals surface area contributed by atoms with Crippen molar-refractivity contribution in [3.63, 3.8) is 0 Å². The van der Waals surface area contributed by atoms with Gasteiger partial charge in [0, 0.05) is 0 Å². The molecule has 3 aromatic carbocycles. The third-order valence-electron chi connectivity index (χ3n) is 7.14. The molecule has 0 aliphatic heterocycles. The second-order valence-electron chi connectivity index (χ2n) is 12.2. The van der Waals surface area contributed by atoms with Gasteiger partial charge in [-0.25, -0.2) is 0 Å². The van der Waals surface area contributed by atoms with E-state index < -0.39 is 21.7 Å². The topological polar surface area (TPSA) is 20.2 Å². The van der Waals surface area contributed by atoms with Crippen molar-refractivity contribution in [3.8, 4) is 0 Å². The molecular formula is C32H40OSi2. The van der Waals surface area contributed by atoms with Crippen LogP contribution in [-0.2, 0) is 5.60 Å². The van der Waals surface area contributed by atoms with Crippen molar-refractivity contribution in [1.82, 2.24) is 0 Å². The van der Waals surface area contributed by atoms with Crippen LogP contribution in [0.4, 0.5) is 0 Å². The Balaban J connectivity index is 2.30. The predicted octanol–water partition coefficient (Wildman–Crippen LogP) is 8.48. The molecule has 0 atom stereocenters. The molecule has 0 unspecified atom stereocenters. The summed E-state index contributed by atoms with van der Waals surface area (Å²) in [5, 5.41) is 15.9. The number of hydrogen-bond donors (Lipinski definition) is 1. The highest BCUT2D eigenvalue weighted by molar-refractivity contribution is 6.89. The van der Waals surface area contributed by atoms with Crippen molar-refractivity contribution < 1.29 is 5.11 Å². The quantitative estimate of drug-likeness (QED) is 0.351. The maximum absolute atomic E-state index is 13.4.